The molecule has 0 aromatic heterocycles. The number of aryl methyl sites for hydroxylation is 1. The van der Waals surface area contributed by atoms with Crippen molar-refractivity contribution in [1.29, 1.82) is 0 Å². The van der Waals surface area contributed by atoms with E-state index in [9.17, 15) is 14.9 Å². The Labute approximate surface area is 119 Å². The van der Waals surface area contributed by atoms with Gasteiger partial charge in [0, 0.05) is 24.2 Å². The van der Waals surface area contributed by atoms with Crippen LogP contribution in [0.15, 0.2) is 18.2 Å². The van der Waals surface area contributed by atoms with Gasteiger partial charge in [0.25, 0.3) is 11.6 Å². The van der Waals surface area contributed by atoms with E-state index in [-0.39, 0.29) is 11.6 Å². The van der Waals surface area contributed by atoms with E-state index in [0.717, 1.165) is 22.8 Å². The molecule has 0 spiro atoms. The van der Waals surface area contributed by atoms with Crippen LogP contribution in [-0.2, 0) is 0 Å². The molecule has 0 radical (unpaired) electrons. The van der Waals surface area contributed by atoms with E-state index in [2.05, 4.69) is 27.9 Å². The van der Waals surface area contributed by atoms with Crippen molar-refractivity contribution >= 4 is 34.2 Å². The number of nitro groups is 1. The van der Waals surface area contributed by atoms with Crippen molar-refractivity contribution in [2.24, 2.45) is 0 Å². The number of non-ortho nitro benzene ring substituents is 1. The molecule has 1 aromatic rings. The fourth-order valence-corrected chi connectivity index (χ4v) is 2.02. The number of benzene rings is 1. The Balaban J connectivity index is 2.72. The number of hydrogen-bond acceptors (Lipinski definition) is 3. The molecule has 0 saturated heterocycles. The molecular formula is C12H15IN2O3. The van der Waals surface area contributed by atoms with Crippen molar-refractivity contribution in [1.82, 2.24) is 5.32 Å². The van der Waals surface area contributed by atoms with Crippen molar-refractivity contribution < 1.29 is 9.72 Å². The maximum atomic E-state index is 11.9. The first-order valence-electron chi connectivity index (χ1n) is 5.65. The number of amides is 1. The van der Waals surface area contributed by atoms with Crippen LogP contribution in [0.5, 0.6) is 0 Å². The first-order valence-corrected chi connectivity index (χ1v) is 7.18. The number of nitrogens with zero attached hydrogens (tertiary/aromatic N) is 1. The molecule has 1 amide bonds. The molecule has 0 bridgehead atoms. The number of halogens is 1. The molecule has 0 aliphatic carbocycles. The molecule has 0 aliphatic rings. The number of rotatable bonds is 6. The molecule has 18 heavy (non-hydrogen) atoms. The van der Waals surface area contributed by atoms with Gasteiger partial charge in [0.1, 0.15) is 0 Å². The monoisotopic (exact) mass is 362 g/mol. The van der Waals surface area contributed by atoms with E-state index >= 15 is 0 Å². The van der Waals surface area contributed by atoms with Gasteiger partial charge in [-0.25, -0.2) is 0 Å². The first kappa shape index (κ1) is 14.9. The lowest BCUT2D eigenvalue weighted by Gasteiger charge is -2.07. The van der Waals surface area contributed by atoms with E-state index in [1.807, 2.05) is 0 Å². The minimum absolute atomic E-state index is 0.0574. The molecule has 98 valence electrons. The van der Waals surface area contributed by atoms with Gasteiger partial charge in [-0.2, -0.15) is 0 Å². The molecule has 0 fully saturated rings. The highest BCUT2D eigenvalue weighted by molar-refractivity contribution is 14.1. The summed E-state index contributed by atoms with van der Waals surface area (Å²) in [6.45, 7) is 2.37. The van der Waals surface area contributed by atoms with Crippen LogP contribution < -0.4 is 5.32 Å². The summed E-state index contributed by atoms with van der Waals surface area (Å²) in [5.41, 5.74) is 1.06. The number of carbonyl (C=O) groups excluding carboxylic acids is 1. The summed E-state index contributed by atoms with van der Waals surface area (Å²) in [4.78, 5) is 22.0. The van der Waals surface area contributed by atoms with E-state index in [0.29, 0.717) is 12.1 Å². The Bertz CT molecular complexity index is 449. The highest BCUT2D eigenvalue weighted by atomic mass is 127. The molecule has 0 heterocycles. The van der Waals surface area contributed by atoms with Crippen molar-refractivity contribution in [3.8, 4) is 0 Å². The van der Waals surface area contributed by atoms with Gasteiger partial charge in [-0.3, -0.25) is 14.9 Å². The van der Waals surface area contributed by atoms with Crippen molar-refractivity contribution in [3.05, 3.63) is 39.4 Å². The summed E-state index contributed by atoms with van der Waals surface area (Å²) in [7, 11) is 0. The quantitative estimate of drug-likeness (QED) is 0.278. The van der Waals surface area contributed by atoms with Gasteiger partial charge in [0.15, 0.2) is 0 Å². The Hall–Kier alpha value is -1.18. The summed E-state index contributed by atoms with van der Waals surface area (Å²) in [5.74, 6) is -0.246. The SMILES string of the molecule is Cc1ccc([N+](=O)[O-])cc1C(=O)NCCCCI. The normalized spacial score (nSPS) is 10.1. The summed E-state index contributed by atoms with van der Waals surface area (Å²) in [5, 5.41) is 13.4. The predicted molar refractivity (Wildman–Crippen MR) is 78.3 cm³/mol. The summed E-state index contributed by atoms with van der Waals surface area (Å²) in [6, 6.07) is 4.32. The number of unbranched alkanes of at least 4 members (excludes halogenated alkanes) is 1. The Morgan fingerprint density at radius 3 is 2.78 bits per heavy atom. The molecule has 0 unspecified atom stereocenters. The zero-order chi connectivity index (χ0) is 13.5. The van der Waals surface area contributed by atoms with Gasteiger partial charge in [-0.1, -0.05) is 28.7 Å². The van der Waals surface area contributed by atoms with Gasteiger partial charge < -0.3 is 5.32 Å². The number of nitrogens with one attached hydrogen (secondary N) is 1. The van der Waals surface area contributed by atoms with E-state index in [4.69, 9.17) is 0 Å². The molecule has 6 heteroatoms. The van der Waals surface area contributed by atoms with Crippen molar-refractivity contribution in [3.63, 3.8) is 0 Å². The zero-order valence-corrected chi connectivity index (χ0v) is 12.3. The zero-order valence-electron chi connectivity index (χ0n) is 10.1. The minimum Gasteiger partial charge on any atom is -0.352 e. The van der Waals surface area contributed by atoms with Crippen LogP contribution in [-0.4, -0.2) is 21.8 Å². The number of alkyl halides is 1. The topological polar surface area (TPSA) is 72.2 Å². The third kappa shape index (κ3) is 4.25. The Morgan fingerprint density at radius 2 is 2.17 bits per heavy atom. The largest absolute Gasteiger partial charge is 0.352 e. The van der Waals surface area contributed by atoms with Crippen molar-refractivity contribution in [2.45, 2.75) is 19.8 Å². The fraction of sp³-hybridized carbons (Fsp3) is 0.417. The number of nitro benzene ring substituents is 1. The van der Waals surface area contributed by atoms with Gasteiger partial charge >= 0.3 is 0 Å². The van der Waals surface area contributed by atoms with Crippen LogP contribution in [0, 0.1) is 17.0 Å². The lowest BCUT2D eigenvalue weighted by molar-refractivity contribution is -0.384. The summed E-state index contributed by atoms with van der Waals surface area (Å²) >= 11 is 2.29. The fourth-order valence-electron chi connectivity index (χ4n) is 1.48. The first-order chi connectivity index (χ1) is 8.56. The van der Waals surface area contributed by atoms with Gasteiger partial charge in [0.05, 0.1) is 4.92 Å². The maximum absolute atomic E-state index is 11.9. The molecule has 1 N–H and O–H groups in total. The average molecular weight is 362 g/mol. The van der Waals surface area contributed by atoms with Crippen LogP contribution in [0.25, 0.3) is 0 Å². The molecule has 5 nitrogen and oxygen atoms in total. The Morgan fingerprint density at radius 1 is 1.44 bits per heavy atom. The van der Waals surface area contributed by atoms with Crippen LogP contribution in [0.3, 0.4) is 0 Å². The van der Waals surface area contributed by atoms with Crippen LogP contribution in [0.1, 0.15) is 28.8 Å². The molecule has 1 aromatic carbocycles. The smallest absolute Gasteiger partial charge is 0.270 e. The standard InChI is InChI=1S/C12H15IN2O3/c1-9-4-5-10(15(17)18)8-11(9)12(16)14-7-3-2-6-13/h4-5,8H,2-3,6-7H2,1H3,(H,14,16). The maximum Gasteiger partial charge on any atom is 0.270 e. The van der Waals surface area contributed by atoms with Gasteiger partial charge in [-0.15, -0.1) is 0 Å². The lowest BCUT2D eigenvalue weighted by Crippen LogP contribution is -2.25. The second-order valence-corrected chi connectivity index (χ2v) is 4.99. The molecule has 0 aliphatic heterocycles. The highest BCUT2D eigenvalue weighted by Gasteiger charge is 2.13. The highest BCUT2D eigenvalue weighted by Crippen LogP contribution is 2.17. The molecular weight excluding hydrogens is 347 g/mol. The van der Waals surface area contributed by atoms with E-state index in [1.54, 1.807) is 13.0 Å². The minimum atomic E-state index is -0.494. The lowest BCUT2D eigenvalue weighted by atomic mass is 10.1. The number of hydrogen-bond donors (Lipinski definition) is 1. The third-order valence-electron chi connectivity index (χ3n) is 2.52. The Kier molecular flexibility index (Phi) is 6.03. The van der Waals surface area contributed by atoms with Crippen molar-refractivity contribution in [2.75, 3.05) is 11.0 Å². The van der Waals surface area contributed by atoms with Crippen LogP contribution >= 0.6 is 22.6 Å². The second kappa shape index (κ2) is 7.30. The van der Waals surface area contributed by atoms with E-state index < -0.39 is 4.92 Å². The summed E-state index contributed by atoms with van der Waals surface area (Å²) < 4.78 is 1.06. The molecule has 1 rings (SSSR count). The van der Waals surface area contributed by atoms with Crippen LogP contribution in [0.2, 0.25) is 0 Å². The van der Waals surface area contributed by atoms with Gasteiger partial charge in [0.2, 0.25) is 0 Å². The average Bonchev–Trinajstić information content (AvgIpc) is 2.34. The summed E-state index contributed by atoms with van der Waals surface area (Å²) in [6.07, 6.45) is 1.97. The van der Waals surface area contributed by atoms with Crippen LogP contribution in [0.4, 0.5) is 5.69 Å². The third-order valence-corrected chi connectivity index (χ3v) is 3.29. The van der Waals surface area contributed by atoms with Gasteiger partial charge in [-0.05, 0) is 29.8 Å². The molecule has 0 saturated carbocycles. The van der Waals surface area contributed by atoms with E-state index in [1.165, 1.54) is 12.1 Å². The predicted octanol–water partition coefficient (Wildman–Crippen LogP) is 2.85. The number of carbonyl (C=O) groups is 1. The second-order valence-electron chi connectivity index (χ2n) is 3.91. The molecule has 0 atom stereocenters.